The second-order valence-electron chi connectivity index (χ2n) is 8.24. The summed E-state index contributed by atoms with van der Waals surface area (Å²) in [4.78, 5) is 33.4. The Kier molecular flexibility index (Phi) is 17.3. The molecule has 0 bridgehead atoms. The molecule has 12 heteroatoms. The highest BCUT2D eigenvalue weighted by Gasteiger charge is 2.16. The zero-order chi connectivity index (χ0) is 31.1. The molecule has 0 N–H and O–H groups in total. The van der Waals surface area contributed by atoms with Gasteiger partial charge in [-0.15, -0.1) is 0 Å². The van der Waals surface area contributed by atoms with Crippen molar-refractivity contribution in [3.63, 3.8) is 0 Å². The fourth-order valence-electron chi connectivity index (χ4n) is 3.38. The Morgan fingerprint density at radius 2 is 0.907 bits per heavy atom. The summed E-state index contributed by atoms with van der Waals surface area (Å²) in [7, 11) is 0. The fraction of sp³-hybridized carbons (Fsp3) is 0.387. The van der Waals surface area contributed by atoms with Gasteiger partial charge in [-0.1, -0.05) is 44.0 Å². The van der Waals surface area contributed by atoms with Crippen LogP contribution in [0.5, 0.6) is 17.2 Å². The first kappa shape index (κ1) is 34.8. The summed E-state index contributed by atoms with van der Waals surface area (Å²) in [6.45, 7) is 12.3. The standard InChI is InChI=1S/C31H38O12/c1-4-28(32)40-19-13-35-11-17-38-26-23-27(39-18-12-36-14-20-41-29(33)5-2)31(25-10-8-7-9-24(25)26)43-22-16-37-15-21-42-30(34)6-3/h4-10,23H,1-3,11-22H2. The minimum absolute atomic E-state index is 0.0960. The van der Waals surface area contributed by atoms with Crippen molar-refractivity contribution in [1.82, 2.24) is 0 Å². The molecule has 0 aliphatic rings. The summed E-state index contributed by atoms with van der Waals surface area (Å²) < 4.78 is 49.2. The maximum atomic E-state index is 11.1. The summed E-state index contributed by atoms with van der Waals surface area (Å²) >= 11 is 0. The number of fused-ring (bicyclic) bond motifs is 1. The molecule has 0 radical (unpaired) electrons. The predicted molar refractivity (Wildman–Crippen MR) is 156 cm³/mol. The smallest absolute Gasteiger partial charge is 0.330 e. The highest BCUT2D eigenvalue weighted by molar-refractivity contribution is 5.95. The average molecular weight is 603 g/mol. The lowest BCUT2D eigenvalue weighted by molar-refractivity contribution is -0.140. The van der Waals surface area contributed by atoms with Crippen molar-refractivity contribution in [1.29, 1.82) is 0 Å². The summed E-state index contributed by atoms with van der Waals surface area (Å²) in [6.07, 6.45) is 3.26. The molecule has 0 aliphatic heterocycles. The summed E-state index contributed by atoms with van der Waals surface area (Å²) in [5.74, 6) is -0.0794. The van der Waals surface area contributed by atoms with Crippen molar-refractivity contribution >= 4 is 28.7 Å². The van der Waals surface area contributed by atoms with Gasteiger partial charge in [-0.3, -0.25) is 0 Å². The fourth-order valence-corrected chi connectivity index (χ4v) is 3.38. The second kappa shape index (κ2) is 21.3. The number of benzene rings is 2. The highest BCUT2D eigenvalue weighted by atomic mass is 16.6. The molecule has 0 heterocycles. The Morgan fingerprint density at radius 1 is 0.512 bits per heavy atom. The first-order chi connectivity index (χ1) is 21.0. The number of rotatable bonds is 24. The van der Waals surface area contributed by atoms with Gasteiger partial charge < -0.3 is 42.6 Å². The molecule has 43 heavy (non-hydrogen) atoms. The predicted octanol–water partition coefficient (Wildman–Crippen LogP) is 3.21. The van der Waals surface area contributed by atoms with E-state index in [1.54, 1.807) is 6.07 Å². The van der Waals surface area contributed by atoms with E-state index in [1.807, 2.05) is 24.3 Å². The van der Waals surface area contributed by atoms with Crippen molar-refractivity contribution in [3.05, 3.63) is 68.3 Å². The Balaban J connectivity index is 2.01. The molecule has 2 aromatic rings. The third-order valence-electron chi connectivity index (χ3n) is 5.28. The van der Waals surface area contributed by atoms with Crippen LogP contribution in [0.4, 0.5) is 0 Å². The van der Waals surface area contributed by atoms with E-state index in [-0.39, 0.29) is 79.3 Å². The molecule has 0 aromatic heterocycles. The van der Waals surface area contributed by atoms with Crippen molar-refractivity contribution in [2.75, 3.05) is 79.3 Å². The molecule has 0 saturated heterocycles. The van der Waals surface area contributed by atoms with E-state index in [4.69, 9.17) is 42.6 Å². The largest absolute Gasteiger partial charge is 0.490 e. The van der Waals surface area contributed by atoms with Gasteiger partial charge in [0.25, 0.3) is 0 Å². The third kappa shape index (κ3) is 13.9. The lowest BCUT2D eigenvalue weighted by atomic mass is 10.1. The maximum Gasteiger partial charge on any atom is 0.330 e. The quantitative estimate of drug-likeness (QED) is 0.0756. The van der Waals surface area contributed by atoms with Crippen molar-refractivity contribution in [3.8, 4) is 17.2 Å². The van der Waals surface area contributed by atoms with E-state index >= 15 is 0 Å². The molecule has 234 valence electrons. The van der Waals surface area contributed by atoms with Crippen LogP contribution in [-0.2, 0) is 42.8 Å². The van der Waals surface area contributed by atoms with Gasteiger partial charge in [-0.25, -0.2) is 14.4 Å². The van der Waals surface area contributed by atoms with E-state index in [0.29, 0.717) is 17.2 Å². The molecule has 12 nitrogen and oxygen atoms in total. The Bertz CT molecular complexity index is 1190. The van der Waals surface area contributed by atoms with Crippen LogP contribution in [0.2, 0.25) is 0 Å². The zero-order valence-corrected chi connectivity index (χ0v) is 24.1. The van der Waals surface area contributed by atoms with E-state index in [9.17, 15) is 14.4 Å². The third-order valence-corrected chi connectivity index (χ3v) is 5.28. The number of hydrogen-bond acceptors (Lipinski definition) is 12. The molecular formula is C31H38O12. The number of carbonyl (C=O) groups is 3. The van der Waals surface area contributed by atoms with Gasteiger partial charge in [0, 0.05) is 35.1 Å². The van der Waals surface area contributed by atoms with Crippen molar-refractivity contribution in [2.24, 2.45) is 0 Å². The maximum absolute atomic E-state index is 11.1. The molecule has 0 saturated carbocycles. The Hall–Kier alpha value is -4.39. The molecular weight excluding hydrogens is 564 g/mol. The minimum Gasteiger partial charge on any atom is -0.490 e. The van der Waals surface area contributed by atoms with Gasteiger partial charge in [0.15, 0.2) is 11.5 Å². The van der Waals surface area contributed by atoms with E-state index in [0.717, 1.165) is 29.0 Å². The van der Waals surface area contributed by atoms with Gasteiger partial charge in [-0.2, -0.15) is 0 Å². The van der Waals surface area contributed by atoms with E-state index < -0.39 is 17.9 Å². The van der Waals surface area contributed by atoms with Crippen LogP contribution < -0.4 is 14.2 Å². The second-order valence-corrected chi connectivity index (χ2v) is 8.24. The number of ether oxygens (including phenoxy) is 9. The highest BCUT2D eigenvalue weighted by Crippen LogP contribution is 2.41. The van der Waals surface area contributed by atoms with Gasteiger partial charge in [0.2, 0.25) is 0 Å². The monoisotopic (exact) mass is 602 g/mol. The molecule has 0 amide bonds. The summed E-state index contributed by atoms with van der Waals surface area (Å²) in [5, 5.41) is 1.55. The van der Waals surface area contributed by atoms with Gasteiger partial charge in [0.05, 0.1) is 39.6 Å². The molecule has 0 unspecified atom stereocenters. The van der Waals surface area contributed by atoms with Crippen LogP contribution in [0.15, 0.2) is 68.3 Å². The molecule has 0 fully saturated rings. The van der Waals surface area contributed by atoms with E-state index in [2.05, 4.69) is 19.7 Å². The average Bonchev–Trinajstić information content (AvgIpc) is 3.03. The Labute approximate surface area is 250 Å². The molecule has 2 aromatic carbocycles. The van der Waals surface area contributed by atoms with Gasteiger partial charge in [-0.05, 0) is 0 Å². The lowest BCUT2D eigenvalue weighted by Crippen LogP contribution is -2.15. The van der Waals surface area contributed by atoms with Crippen LogP contribution in [-0.4, -0.2) is 97.2 Å². The molecule has 0 spiro atoms. The Morgan fingerprint density at radius 3 is 1.37 bits per heavy atom. The van der Waals surface area contributed by atoms with Crippen LogP contribution in [0.25, 0.3) is 10.8 Å². The van der Waals surface area contributed by atoms with Crippen LogP contribution in [0.3, 0.4) is 0 Å². The number of hydrogen-bond donors (Lipinski definition) is 0. The number of carbonyl (C=O) groups excluding carboxylic acids is 3. The van der Waals surface area contributed by atoms with E-state index in [1.165, 1.54) is 0 Å². The van der Waals surface area contributed by atoms with Crippen molar-refractivity contribution in [2.45, 2.75) is 0 Å². The van der Waals surface area contributed by atoms with Crippen LogP contribution in [0, 0.1) is 0 Å². The van der Waals surface area contributed by atoms with Crippen molar-refractivity contribution < 1.29 is 57.0 Å². The minimum atomic E-state index is -0.520. The summed E-state index contributed by atoms with van der Waals surface area (Å²) in [5.41, 5.74) is 0. The normalized spacial score (nSPS) is 10.4. The van der Waals surface area contributed by atoms with Gasteiger partial charge >= 0.3 is 17.9 Å². The molecule has 0 aliphatic carbocycles. The first-order valence-electron chi connectivity index (χ1n) is 13.5. The first-order valence-corrected chi connectivity index (χ1v) is 13.5. The zero-order valence-electron chi connectivity index (χ0n) is 24.1. The van der Waals surface area contributed by atoms with Crippen LogP contribution >= 0.6 is 0 Å². The summed E-state index contributed by atoms with van der Waals surface area (Å²) in [6, 6.07) is 9.26. The lowest BCUT2D eigenvalue weighted by Gasteiger charge is -2.18. The SMILES string of the molecule is C=CC(=O)OCCOCCOc1cc(OCCOCCOC(=O)C=C)c2ccccc2c1OCCOCCOC(=O)C=C. The molecule has 0 atom stereocenters. The van der Waals surface area contributed by atoms with Crippen LogP contribution in [0.1, 0.15) is 0 Å². The molecule has 2 rings (SSSR count). The van der Waals surface area contributed by atoms with Gasteiger partial charge in [0.1, 0.15) is 45.4 Å². The topological polar surface area (TPSA) is 134 Å². The number of esters is 3.